The highest BCUT2D eigenvalue weighted by Crippen LogP contribution is 2.19. The number of rotatable bonds is 3. The van der Waals surface area contributed by atoms with E-state index in [1.165, 1.54) is 11.8 Å². The topological polar surface area (TPSA) is 53.3 Å². The minimum Gasteiger partial charge on any atom is -0.375 e. The Kier molecular flexibility index (Phi) is 4.83. The second kappa shape index (κ2) is 6.60. The first kappa shape index (κ1) is 13.9. The van der Waals surface area contributed by atoms with Crippen molar-refractivity contribution in [1.29, 1.82) is 5.26 Å². The number of hydrogen-bond acceptors (Lipinski definition) is 4. The van der Waals surface area contributed by atoms with E-state index in [9.17, 15) is 4.79 Å². The van der Waals surface area contributed by atoms with Crippen LogP contribution in [0.3, 0.4) is 0 Å². The van der Waals surface area contributed by atoms with Crippen LogP contribution in [0, 0.1) is 11.3 Å². The molecule has 1 atom stereocenters. The number of nitrogens with zero attached hydrogens (tertiary/aromatic N) is 2. The minimum atomic E-state index is 0.123. The molecule has 100 valence electrons. The molecule has 1 amide bonds. The number of hydrogen-bond donors (Lipinski definition) is 0. The summed E-state index contributed by atoms with van der Waals surface area (Å²) in [6.45, 7) is 3.95. The number of carbonyl (C=O) groups excluding carboxylic acids is 1. The molecule has 0 aliphatic carbocycles. The Balaban J connectivity index is 1.84. The maximum Gasteiger partial charge on any atom is 0.233 e. The van der Waals surface area contributed by atoms with E-state index in [1.54, 1.807) is 12.1 Å². The Morgan fingerprint density at radius 1 is 1.53 bits per heavy atom. The highest BCUT2D eigenvalue weighted by atomic mass is 32.2. The quantitative estimate of drug-likeness (QED) is 0.791. The maximum absolute atomic E-state index is 12.0. The average Bonchev–Trinajstić information content (AvgIpc) is 2.45. The van der Waals surface area contributed by atoms with Gasteiger partial charge < -0.3 is 9.64 Å². The Labute approximate surface area is 117 Å². The second-order valence-electron chi connectivity index (χ2n) is 4.45. The summed E-state index contributed by atoms with van der Waals surface area (Å²) >= 11 is 1.50. The van der Waals surface area contributed by atoms with Gasteiger partial charge in [0.15, 0.2) is 0 Å². The molecular weight excluding hydrogens is 260 g/mol. The summed E-state index contributed by atoms with van der Waals surface area (Å²) in [6, 6.07) is 9.36. The fourth-order valence-corrected chi connectivity index (χ4v) is 2.71. The summed E-state index contributed by atoms with van der Waals surface area (Å²) in [6.07, 6.45) is 0.123. The van der Waals surface area contributed by atoms with Gasteiger partial charge in [-0.1, -0.05) is 0 Å². The lowest BCUT2D eigenvalue weighted by molar-refractivity contribution is -0.135. The van der Waals surface area contributed by atoms with Gasteiger partial charge in [0.25, 0.3) is 0 Å². The van der Waals surface area contributed by atoms with Gasteiger partial charge in [-0.3, -0.25) is 4.79 Å². The van der Waals surface area contributed by atoms with Crippen LogP contribution in [0.25, 0.3) is 0 Å². The zero-order valence-corrected chi connectivity index (χ0v) is 11.7. The largest absolute Gasteiger partial charge is 0.375 e. The third-order valence-electron chi connectivity index (χ3n) is 2.94. The molecule has 0 spiro atoms. The van der Waals surface area contributed by atoms with E-state index in [-0.39, 0.29) is 12.0 Å². The summed E-state index contributed by atoms with van der Waals surface area (Å²) in [5.74, 6) is 0.572. The maximum atomic E-state index is 12.0. The molecule has 0 saturated carbocycles. The van der Waals surface area contributed by atoms with E-state index in [2.05, 4.69) is 6.07 Å². The van der Waals surface area contributed by atoms with Crippen LogP contribution in [0.4, 0.5) is 0 Å². The molecule has 1 heterocycles. The van der Waals surface area contributed by atoms with Crippen molar-refractivity contribution in [3.63, 3.8) is 0 Å². The molecule has 1 aromatic rings. The van der Waals surface area contributed by atoms with Crippen molar-refractivity contribution in [2.75, 3.05) is 25.4 Å². The molecule has 1 aromatic carbocycles. The molecule has 0 radical (unpaired) electrons. The molecule has 1 fully saturated rings. The van der Waals surface area contributed by atoms with Crippen molar-refractivity contribution in [3.05, 3.63) is 29.8 Å². The van der Waals surface area contributed by atoms with E-state index in [4.69, 9.17) is 10.00 Å². The number of amides is 1. The van der Waals surface area contributed by atoms with Crippen molar-refractivity contribution < 1.29 is 9.53 Å². The normalized spacial score (nSPS) is 18.9. The SMILES string of the molecule is CC1CN(C(=O)CSc2ccc(C#N)cc2)CCO1. The molecule has 0 bridgehead atoms. The van der Waals surface area contributed by atoms with Crippen LogP contribution in [0.15, 0.2) is 29.2 Å². The van der Waals surface area contributed by atoms with Crippen LogP contribution >= 0.6 is 11.8 Å². The number of morpholine rings is 1. The van der Waals surface area contributed by atoms with Crippen molar-refractivity contribution in [3.8, 4) is 6.07 Å². The lowest BCUT2D eigenvalue weighted by Gasteiger charge is -2.31. The van der Waals surface area contributed by atoms with Gasteiger partial charge in [-0.25, -0.2) is 0 Å². The number of benzene rings is 1. The van der Waals surface area contributed by atoms with Crippen LogP contribution < -0.4 is 0 Å². The summed E-state index contributed by atoms with van der Waals surface area (Å²) < 4.78 is 5.42. The van der Waals surface area contributed by atoms with Gasteiger partial charge in [0.2, 0.25) is 5.91 Å². The number of carbonyl (C=O) groups is 1. The molecule has 0 N–H and O–H groups in total. The average molecular weight is 276 g/mol. The molecule has 0 aromatic heterocycles. The Morgan fingerprint density at radius 3 is 2.89 bits per heavy atom. The third kappa shape index (κ3) is 3.98. The van der Waals surface area contributed by atoms with Crippen LogP contribution in [-0.2, 0) is 9.53 Å². The molecule has 1 saturated heterocycles. The first-order valence-corrected chi connectivity index (χ1v) is 7.20. The predicted octanol–water partition coefficient (Wildman–Crippen LogP) is 1.90. The van der Waals surface area contributed by atoms with E-state index >= 15 is 0 Å². The lowest BCUT2D eigenvalue weighted by atomic mass is 10.2. The molecule has 1 aliphatic rings. The van der Waals surface area contributed by atoms with Crippen molar-refractivity contribution in [1.82, 2.24) is 4.90 Å². The third-order valence-corrected chi connectivity index (χ3v) is 3.94. The second-order valence-corrected chi connectivity index (χ2v) is 5.49. The monoisotopic (exact) mass is 276 g/mol. The van der Waals surface area contributed by atoms with E-state index in [0.29, 0.717) is 31.0 Å². The fraction of sp³-hybridized carbons (Fsp3) is 0.429. The molecular formula is C14H16N2O2S. The first-order chi connectivity index (χ1) is 9.19. The Hall–Kier alpha value is -1.51. The van der Waals surface area contributed by atoms with Gasteiger partial charge in [0.1, 0.15) is 0 Å². The molecule has 1 unspecified atom stereocenters. The highest BCUT2D eigenvalue weighted by molar-refractivity contribution is 8.00. The van der Waals surface area contributed by atoms with Gasteiger partial charge in [-0.2, -0.15) is 5.26 Å². The zero-order chi connectivity index (χ0) is 13.7. The van der Waals surface area contributed by atoms with E-state index in [1.807, 2.05) is 24.0 Å². The van der Waals surface area contributed by atoms with Crippen LogP contribution in [-0.4, -0.2) is 42.4 Å². The minimum absolute atomic E-state index is 0.123. The Bertz CT molecular complexity index is 481. The number of ether oxygens (including phenoxy) is 1. The summed E-state index contributed by atoms with van der Waals surface area (Å²) in [5.41, 5.74) is 0.637. The highest BCUT2D eigenvalue weighted by Gasteiger charge is 2.21. The molecule has 4 nitrogen and oxygen atoms in total. The van der Waals surface area contributed by atoms with Crippen molar-refractivity contribution in [2.24, 2.45) is 0 Å². The predicted molar refractivity (Wildman–Crippen MR) is 73.9 cm³/mol. The molecule has 1 aliphatic heterocycles. The standard InChI is InChI=1S/C14H16N2O2S/c1-11-9-16(6-7-18-11)14(17)10-19-13-4-2-12(8-15)3-5-13/h2-5,11H,6-7,9-10H2,1H3. The van der Waals surface area contributed by atoms with Gasteiger partial charge >= 0.3 is 0 Å². The van der Waals surface area contributed by atoms with Crippen LogP contribution in [0.5, 0.6) is 0 Å². The molecule has 19 heavy (non-hydrogen) atoms. The fourth-order valence-electron chi connectivity index (χ4n) is 1.91. The number of thioether (sulfide) groups is 1. The summed E-state index contributed by atoms with van der Waals surface area (Å²) in [4.78, 5) is 14.9. The van der Waals surface area contributed by atoms with E-state index < -0.39 is 0 Å². The van der Waals surface area contributed by atoms with E-state index in [0.717, 1.165) is 4.90 Å². The van der Waals surface area contributed by atoms with Gasteiger partial charge in [0, 0.05) is 18.0 Å². The first-order valence-electron chi connectivity index (χ1n) is 6.21. The van der Waals surface area contributed by atoms with Gasteiger partial charge in [-0.05, 0) is 31.2 Å². The van der Waals surface area contributed by atoms with Crippen LogP contribution in [0.1, 0.15) is 12.5 Å². The van der Waals surface area contributed by atoms with Crippen molar-refractivity contribution >= 4 is 17.7 Å². The molecule has 5 heteroatoms. The number of nitriles is 1. The van der Waals surface area contributed by atoms with Crippen LogP contribution in [0.2, 0.25) is 0 Å². The summed E-state index contributed by atoms with van der Waals surface area (Å²) in [7, 11) is 0. The smallest absolute Gasteiger partial charge is 0.233 e. The lowest BCUT2D eigenvalue weighted by Crippen LogP contribution is -2.45. The van der Waals surface area contributed by atoms with Gasteiger partial charge in [-0.15, -0.1) is 11.8 Å². The zero-order valence-electron chi connectivity index (χ0n) is 10.8. The molecule has 2 rings (SSSR count). The van der Waals surface area contributed by atoms with Crippen molar-refractivity contribution in [2.45, 2.75) is 17.9 Å². The Morgan fingerprint density at radius 2 is 2.26 bits per heavy atom. The summed E-state index contributed by atoms with van der Waals surface area (Å²) in [5, 5.41) is 8.71. The van der Waals surface area contributed by atoms with Gasteiger partial charge in [0.05, 0.1) is 30.1 Å².